The zero-order valence-electron chi connectivity index (χ0n) is 9.21. The topological polar surface area (TPSA) is 63.7 Å². The van der Waals surface area contributed by atoms with Crippen LogP contribution in [-0.4, -0.2) is 27.0 Å². The number of aromatic nitrogens is 4. The molecule has 3 aromatic rings. The fourth-order valence-corrected chi connectivity index (χ4v) is 1.66. The fourth-order valence-electron chi connectivity index (χ4n) is 1.66. The van der Waals surface area contributed by atoms with Gasteiger partial charge in [0.25, 0.3) is 0 Å². The van der Waals surface area contributed by atoms with E-state index >= 15 is 0 Å². The third-order valence-corrected chi connectivity index (χ3v) is 2.50. The van der Waals surface area contributed by atoms with Gasteiger partial charge in [0.1, 0.15) is 5.65 Å². The van der Waals surface area contributed by atoms with Gasteiger partial charge < -0.3 is 9.72 Å². The van der Waals surface area contributed by atoms with Crippen LogP contribution in [0.5, 0.6) is 5.88 Å². The highest BCUT2D eigenvalue weighted by Crippen LogP contribution is 2.20. The van der Waals surface area contributed by atoms with E-state index in [9.17, 15) is 0 Å². The second-order valence-electron chi connectivity index (χ2n) is 3.56. The number of hydrogen-bond acceptors (Lipinski definition) is 4. The van der Waals surface area contributed by atoms with E-state index in [0.29, 0.717) is 11.7 Å². The van der Waals surface area contributed by atoms with Gasteiger partial charge in [-0.1, -0.05) is 0 Å². The van der Waals surface area contributed by atoms with Gasteiger partial charge in [-0.3, -0.25) is 0 Å². The quantitative estimate of drug-likeness (QED) is 0.726. The molecule has 0 bridgehead atoms. The van der Waals surface area contributed by atoms with Crippen LogP contribution in [0.3, 0.4) is 0 Å². The summed E-state index contributed by atoms with van der Waals surface area (Å²) in [7, 11) is 1.58. The highest BCUT2D eigenvalue weighted by atomic mass is 16.5. The number of pyridine rings is 1. The van der Waals surface area contributed by atoms with Crippen molar-refractivity contribution in [2.24, 2.45) is 0 Å². The SMILES string of the molecule is COc1ccnc(-c2cnc3[nH]ccc3c2)n1. The van der Waals surface area contributed by atoms with E-state index in [2.05, 4.69) is 19.9 Å². The lowest BCUT2D eigenvalue weighted by Gasteiger charge is -2.02. The number of rotatable bonds is 2. The second-order valence-corrected chi connectivity index (χ2v) is 3.56. The summed E-state index contributed by atoms with van der Waals surface area (Å²) in [6.45, 7) is 0. The van der Waals surface area contributed by atoms with Crippen LogP contribution in [0.4, 0.5) is 0 Å². The maximum atomic E-state index is 5.07. The molecule has 0 unspecified atom stereocenters. The summed E-state index contributed by atoms with van der Waals surface area (Å²) < 4.78 is 5.07. The van der Waals surface area contributed by atoms with Gasteiger partial charge in [0.2, 0.25) is 5.88 Å². The molecule has 0 fully saturated rings. The van der Waals surface area contributed by atoms with Crippen LogP contribution in [0, 0.1) is 0 Å². The Morgan fingerprint density at radius 3 is 3.06 bits per heavy atom. The molecular formula is C12H10N4O. The molecule has 0 aliphatic carbocycles. The average molecular weight is 226 g/mol. The average Bonchev–Trinajstić information content (AvgIpc) is 2.86. The molecule has 0 aliphatic heterocycles. The normalized spacial score (nSPS) is 10.6. The molecule has 84 valence electrons. The highest BCUT2D eigenvalue weighted by molar-refractivity contribution is 5.79. The molecule has 5 heteroatoms. The van der Waals surface area contributed by atoms with Crippen molar-refractivity contribution in [3.63, 3.8) is 0 Å². The maximum Gasteiger partial charge on any atom is 0.216 e. The lowest BCUT2D eigenvalue weighted by atomic mass is 10.2. The zero-order valence-corrected chi connectivity index (χ0v) is 9.21. The number of aromatic amines is 1. The Labute approximate surface area is 97.5 Å². The van der Waals surface area contributed by atoms with E-state index in [1.54, 1.807) is 25.6 Å². The van der Waals surface area contributed by atoms with E-state index < -0.39 is 0 Å². The number of nitrogens with one attached hydrogen (secondary N) is 1. The molecule has 5 nitrogen and oxygen atoms in total. The number of hydrogen-bond donors (Lipinski definition) is 1. The summed E-state index contributed by atoms with van der Waals surface area (Å²) >= 11 is 0. The second kappa shape index (κ2) is 3.86. The standard InChI is InChI=1S/C12H10N4O/c1-17-10-3-5-14-12(16-10)9-6-8-2-4-13-11(8)15-7-9/h2-7H,1H3,(H,13,15). The minimum Gasteiger partial charge on any atom is -0.481 e. The lowest BCUT2D eigenvalue weighted by Crippen LogP contribution is -1.93. The van der Waals surface area contributed by atoms with Crippen LogP contribution in [0.25, 0.3) is 22.4 Å². The fraction of sp³-hybridized carbons (Fsp3) is 0.0833. The van der Waals surface area contributed by atoms with Crippen molar-refractivity contribution in [1.82, 2.24) is 19.9 Å². The van der Waals surface area contributed by atoms with Crippen molar-refractivity contribution in [1.29, 1.82) is 0 Å². The summed E-state index contributed by atoms with van der Waals surface area (Å²) in [6, 6.07) is 5.67. The van der Waals surface area contributed by atoms with Crippen molar-refractivity contribution >= 4 is 11.0 Å². The summed E-state index contributed by atoms with van der Waals surface area (Å²) in [5, 5.41) is 1.04. The molecule has 3 rings (SSSR count). The number of nitrogens with zero attached hydrogens (tertiary/aromatic N) is 3. The molecule has 3 aromatic heterocycles. The van der Waals surface area contributed by atoms with Crippen LogP contribution in [0.15, 0.2) is 36.8 Å². The molecule has 1 N–H and O–H groups in total. The Morgan fingerprint density at radius 1 is 1.24 bits per heavy atom. The molecule has 0 spiro atoms. The van der Waals surface area contributed by atoms with Crippen molar-refractivity contribution in [3.05, 3.63) is 36.8 Å². The van der Waals surface area contributed by atoms with Crippen molar-refractivity contribution < 1.29 is 4.74 Å². The lowest BCUT2D eigenvalue weighted by molar-refractivity contribution is 0.397. The summed E-state index contributed by atoms with van der Waals surface area (Å²) in [6.07, 6.45) is 5.27. The van der Waals surface area contributed by atoms with Gasteiger partial charge in [0, 0.05) is 35.6 Å². The first kappa shape index (κ1) is 9.77. The Morgan fingerprint density at radius 2 is 2.18 bits per heavy atom. The van der Waals surface area contributed by atoms with Crippen LogP contribution < -0.4 is 4.74 Å². The van der Waals surface area contributed by atoms with E-state index in [1.807, 2.05) is 18.3 Å². The molecular weight excluding hydrogens is 216 g/mol. The molecule has 17 heavy (non-hydrogen) atoms. The predicted octanol–water partition coefficient (Wildman–Crippen LogP) is 2.03. The molecule has 3 heterocycles. The highest BCUT2D eigenvalue weighted by Gasteiger charge is 2.05. The first-order valence-electron chi connectivity index (χ1n) is 5.17. The van der Waals surface area contributed by atoms with E-state index in [0.717, 1.165) is 16.6 Å². The first-order chi connectivity index (χ1) is 8.36. The largest absolute Gasteiger partial charge is 0.481 e. The molecule has 0 saturated heterocycles. The third kappa shape index (κ3) is 1.71. The van der Waals surface area contributed by atoms with Crippen molar-refractivity contribution in [2.75, 3.05) is 7.11 Å². The summed E-state index contributed by atoms with van der Waals surface area (Å²) in [5.41, 5.74) is 1.73. The monoisotopic (exact) mass is 226 g/mol. The van der Waals surface area contributed by atoms with Gasteiger partial charge in [-0.25, -0.2) is 9.97 Å². The van der Waals surface area contributed by atoms with Crippen molar-refractivity contribution in [3.8, 4) is 17.3 Å². The van der Waals surface area contributed by atoms with Crippen LogP contribution >= 0.6 is 0 Å². The minimum absolute atomic E-state index is 0.546. The number of ether oxygens (including phenoxy) is 1. The van der Waals surface area contributed by atoms with Gasteiger partial charge >= 0.3 is 0 Å². The molecule has 0 aromatic carbocycles. The third-order valence-electron chi connectivity index (χ3n) is 2.50. The Balaban J connectivity index is 2.12. The van der Waals surface area contributed by atoms with Gasteiger partial charge in [-0.2, -0.15) is 4.98 Å². The predicted molar refractivity (Wildman–Crippen MR) is 63.7 cm³/mol. The van der Waals surface area contributed by atoms with Gasteiger partial charge in [-0.15, -0.1) is 0 Å². The molecule has 0 saturated carbocycles. The van der Waals surface area contributed by atoms with Crippen LogP contribution in [0.1, 0.15) is 0 Å². The summed E-state index contributed by atoms with van der Waals surface area (Å²) in [4.78, 5) is 15.8. The van der Waals surface area contributed by atoms with E-state index in [1.165, 1.54) is 0 Å². The molecule has 0 amide bonds. The van der Waals surface area contributed by atoms with Gasteiger partial charge in [0.15, 0.2) is 5.82 Å². The van der Waals surface area contributed by atoms with Crippen LogP contribution in [-0.2, 0) is 0 Å². The molecule has 0 aliphatic rings. The first-order valence-corrected chi connectivity index (χ1v) is 5.17. The minimum atomic E-state index is 0.546. The van der Waals surface area contributed by atoms with E-state index in [-0.39, 0.29) is 0 Å². The van der Waals surface area contributed by atoms with Crippen LogP contribution in [0.2, 0.25) is 0 Å². The maximum absolute atomic E-state index is 5.07. The zero-order chi connectivity index (χ0) is 11.7. The Hall–Kier alpha value is -2.43. The van der Waals surface area contributed by atoms with Gasteiger partial charge in [-0.05, 0) is 12.1 Å². The smallest absolute Gasteiger partial charge is 0.216 e. The van der Waals surface area contributed by atoms with Crippen molar-refractivity contribution in [2.45, 2.75) is 0 Å². The molecule has 0 atom stereocenters. The Kier molecular flexibility index (Phi) is 2.22. The number of methoxy groups -OCH3 is 1. The number of fused-ring (bicyclic) bond motifs is 1. The van der Waals surface area contributed by atoms with Gasteiger partial charge in [0.05, 0.1) is 7.11 Å². The Bertz CT molecular complexity index is 662. The summed E-state index contributed by atoms with van der Waals surface area (Å²) in [5.74, 6) is 1.16. The van der Waals surface area contributed by atoms with E-state index in [4.69, 9.17) is 4.74 Å². The number of H-pyrrole nitrogens is 1. The molecule has 0 radical (unpaired) electrons.